The van der Waals surface area contributed by atoms with Crippen molar-refractivity contribution in [3.05, 3.63) is 45.5 Å². The molecule has 180 valence electrons. The van der Waals surface area contributed by atoms with Crippen molar-refractivity contribution in [1.29, 1.82) is 0 Å². The average Bonchev–Trinajstić information content (AvgIpc) is 3.38. The summed E-state index contributed by atoms with van der Waals surface area (Å²) in [6.07, 6.45) is 8.53. The second-order valence-corrected chi connectivity index (χ2v) is 10.6. The lowest BCUT2D eigenvalue weighted by molar-refractivity contribution is -0.145. The zero-order valence-electron chi connectivity index (χ0n) is 19.0. The number of carboxylic acids is 1. The Labute approximate surface area is 205 Å². The Morgan fingerprint density at radius 1 is 1.12 bits per heavy atom. The Morgan fingerprint density at radius 2 is 1.91 bits per heavy atom. The molecule has 0 bridgehead atoms. The minimum atomic E-state index is -0.944. The standard InChI is InChI=1S/C25H33Cl2N3O3/c26-21-7-4-8-22(27)20(21)16-30-12-10-25(17-30,13-23(31)32)24(33)28-19-9-11-29(15-19)14-18-5-2-1-3-6-18/h4-5,7-8,19H,1-3,6,9-17H2,(H,28,33)(H,31,32)/t19-,25+/m0/s1. The molecule has 0 spiro atoms. The lowest BCUT2D eigenvalue weighted by atomic mass is 9.82. The number of hydrogen-bond acceptors (Lipinski definition) is 4. The van der Waals surface area contributed by atoms with E-state index in [0.717, 1.165) is 31.6 Å². The number of nitrogens with zero attached hydrogens (tertiary/aromatic N) is 2. The van der Waals surface area contributed by atoms with E-state index in [4.69, 9.17) is 23.2 Å². The van der Waals surface area contributed by atoms with Gasteiger partial charge >= 0.3 is 5.97 Å². The number of rotatable bonds is 8. The number of benzene rings is 1. The highest BCUT2D eigenvalue weighted by Gasteiger charge is 2.47. The molecule has 0 radical (unpaired) electrons. The highest BCUT2D eigenvalue weighted by atomic mass is 35.5. The fourth-order valence-electron chi connectivity index (χ4n) is 5.47. The summed E-state index contributed by atoms with van der Waals surface area (Å²) >= 11 is 12.7. The van der Waals surface area contributed by atoms with Crippen molar-refractivity contribution in [2.45, 2.75) is 57.5 Å². The topological polar surface area (TPSA) is 72.9 Å². The van der Waals surface area contributed by atoms with E-state index in [2.05, 4.69) is 21.2 Å². The molecule has 1 amide bonds. The summed E-state index contributed by atoms with van der Waals surface area (Å²) in [6.45, 7) is 4.29. The third-order valence-corrected chi connectivity index (χ3v) is 7.98. The Morgan fingerprint density at radius 3 is 2.61 bits per heavy atom. The monoisotopic (exact) mass is 493 g/mol. The van der Waals surface area contributed by atoms with Crippen LogP contribution in [0.25, 0.3) is 0 Å². The molecule has 8 heteroatoms. The summed E-state index contributed by atoms with van der Waals surface area (Å²) in [5.74, 6) is -1.08. The summed E-state index contributed by atoms with van der Waals surface area (Å²) in [6, 6.07) is 5.46. The SMILES string of the molecule is O=C(O)C[C@]1(C(=O)N[C@H]2CCN(CC3=CCCCC3)C2)CCN(Cc2c(Cl)cccc2Cl)C1. The predicted molar refractivity (Wildman–Crippen MR) is 131 cm³/mol. The molecular weight excluding hydrogens is 461 g/mol. The largest absolute Gasteiger partial charge is 0.481 e. The van der Waals surface area contributed by atoms with E-state index in [-0.39, 0.29) is 18.4 Å². The van der Waals surface area contributed by atoms with Gasteiger partial charge in [-0.05, 0) is 57.2 Å². The molecule has 2 fully saturated rings. The van der Waals surface area contributed by atoms with Gasteiger partial charge in [-0.1, -0.05) is 40.9 Å². The molecule has 2 atom stereocenters. The van der Waals surface area contributed by atoms with Gasteiger partial charge in [0.15, 0.2) is 0 Å². The maximum atomic E-state index is 13.4. The molecule has 2 aliphatic heterocycles. The van der Waals surface area contributed by atoms with Crippen LogP contribution in [0.5, 0.6) is 0 Å². The van der Waals surface area contributed by atoms with Gasteiger partial charge in [-0.15, -0.1) is 0 Å². The number of carbonyl (C=O) groups excluding carboxylic acids is 1. The highest BCUT2D eigenvalue weighted by molar-refractivity contribution is 6.35. The number of carbonyl (C=O) groups is 2. The smallest absolute Gasteiger partial charge is 0.304 e. The van der Waals surface area contributed by atoms with E-state index < -0.39 is 11.4 Å². The first-order chi connectivity index (χ1) is 15.8. The van der Waals surface area contributed by atoms with Crippen LogP contribution in [-0.4, -0.2) is 65.5 Å². The summed E-state index contributed by atoms with van der Waals surface area (Å²) in [7, 11) is 0. The molecule has 0 unspecified atom stereocenters. The van der Waals surface area contributed by atoms with Crippen molar-refractivity contribution in [3.8, 4) is 0 Å². The molecule has 1 aromatic rings. The number of carboxylic acid groups (broad SMARTS) is 1. The van der Waals surface area contributed by atoms with Crippen molar-refractivity contribution in [1.82, 2.24) is 15.1 Å². The van der Waals surface area contributed by atoms with Crippen molar-refractivity contribution in [2.75, 3.05) is 32.7 Å². The van der Waals surface area contributed by atoms with Crippen LogP contribution in [0.1, 0.15) is 50.5 Å². The van der Waals surface area contributed by atoms with Gasteiger partial charge in [-0.3, -0.25) is 19.4 Å². The molecule has 2 saturated heterocycles. The molecule has 0 aromatic heterocycles. The third kappa shape index (κ3) is 6.10. The second-order valence-electron chi connectivity index (χ2n) is 9.81. The van der Waals surface area contributed by atoms with Crippen molar-refractivity contribution >= 4 is 35.1 Å². The molecule has 2 N–H and O–H groups in total. The Bertz CT molecular complexity index is 902. The first kappa shape index (κ1) is 24.5. The Balaban J connectivity index is 1.37. The number of allylic oxidation sites excluding steroid dienone is 1. The summed E-state index contributed by atoms with van der Waals surface area (Å²) in [5, 5.41) is 14.0. The summed E-state index contributed by atoms with van der Waals surface area (Å²) in [4.78, 5) is 29.6. The lowest BCUT2D eigenvalue weighted by Crippen LogP contribution is -2.48. The fourth-order valence-corrected chi connectivity index (χ4v) is 5.98. The molecular formula is C25H33Cl2N3O3. The van der Waals surface area contributed by atoms with Gasteiger partial charge in [-0.2, -0.15) is 0 Å². The van der Waals surface area contributed by atoms with Gasteiger partial charge in [0.1, 0.15) is 0 Å². The van der Waals surface area contributed by atoms with E-state index >= 15 is 0 Å². The van der Waals surface area contributed by atoms with E-state index in [9.17, 15) is 14.7 Å². The first-order valence-corrected chi connectivity index (χ1v) is 12.7. The van der Waals surface area contributed by atoms with Crippen molar-refractivity contribution in [3.63, 3.8) is 0 Å². The van der Waals surface area contributed by atoms with E-state index in [0.29, 0.717) is 36.1 Å². The maximum absolute atomic E-state index is 13.4. The van der Waals surface area contributed by atoms with Crippen LogP contribution in [0, 0.1) is 5.41 Å². The number of nitrogens with one attached hydrogen (secondary N) is 1. The molecule has 0 saturated carbocycles. The Kier molecular flexibility index (Phi) is 8.00. The van der Waals surface area contributed by atoms with Gasteiger partial charge in [0.2, 0.25) is 5.91 Å². The highest BCUT2D eigenvalue weighted by Crippen LogP contribution is 2.37. The van der Waals surface area contributed by atoms with Gasteiger partial charge in [-0.25, -0.2) is 0 Å². The Hall–Kier alpha value is -1.60. The van der Waals surface area contributed by atoms with E-state index in [1.165, 1.54) is 31.3 Å². The van der Waals surface area contributed by atoms with E-state index in [1.807, 2.05) is 0 Å². The zero-order chi connectivity index (χ0) is 23.4. The van der Waals surface area contributed by atoms with Crippen molar-refractivity contribution in [2.24, 2.45) is 5.41 Å². The quantitative estimate of drug-likeness (QED) is 0.526. The van der Waals surface area contributed by atoms with Crippen LogP contribution in [0.4, 0.5) is 0 Å². The van der Waals surface area contributed by atoms with Crippen LogP contribution in [-0.2, 0) is 16.1 Å². The average molecular weight is 494 g/mol. The van der Waals surface area contributed by atoms with Gasteiger partial charge in [0.05, 0.1) is 11.8 Å². The van der Waals surface area contributed by atoms with Gasteiger partial charge < -0.3 is 10.4 Å². The van der Waals surface area contributed by atoms with Crippen LogP contribution in [0.2, 0.25) is 10.0 Å². The number of amides is 1. The molecule has 1 aliphatic carbocycles. The molecule has 33 heavy (non-hydrogen) atoms. The van der Waals surface area contributed by atoms with Gasteiger partial charge in [0.25, 0.3) is 0 Å². The minimum Gasteiger partial charge on any atom is -0.481 e. The number of halogens is 2. The predicted octanol–water partition coefficient (Wildman–Crippen LogP) is 4.35. The van der Waals surface area contributed by atoms with Gasteiger partial charge in [0, 0.05) is 54.4 Å². The maximum Gasteiger partial charge on any atom is 0.304 e. The lowest BCUT2D eigenvalue weighted by Gasteiger charge is -2.29. The van der Waals surface area contributed by atoms with E-state index in [1.54, 1.807) is 18.2 Å². The number of hydrogen-bond donors (Lipinski definition) is 2. The van der Waals surface area contributed by atoms with Crippen LogP contribution < -0.4 is 5.32 Å². The second kappa shape index (κ2) is 10.8. The van der Waals surface area contributed by atoms with Crippen LogP contribution >= 0.6 is 23.2 Å². The first-order valence-electron chi connectivity index (χ1n) is 11.9. The zero-order valence-corrected chi connectivity index (χ0v) is 20.5. The van der Waals surface area contributed by atoms with Crippen molar-refractivity contribution < 1.29 is 14.7 Å². The molecule has 4 rings (SSSR count). The molecule has 3 aliphatic rings. The molecule has 6 nitrogen and oxygen atoms in total. The summed E-state index contributed by atoms with van der Waals surface area (Å²) in [5.41, 5.74) is 1.40. The van der Waals surface area contributed by atoms with Crippen LogP contribution in [0.3, 0.4) is 0 Å². The minimum absolute atomic E-state index is 0.0689. The molecule has 1 aromatic carbocycles. The molecule has 2 heterocycles. The number of likely N-dealkylation sites (tertiary alicyclic amines) is 2. The fraction of sp³-hybridized carbons (Fsp3) is 0.600. The third-order valence-electron chi connectivity index (χ3n) is 7.27. The summed E-state index contributed by atoms with van der Waals surface area (Å²) < 4.78 is 0. The number of aliphatic carboxylic acids is 1. The normalized spacial score (nSPS) is 26.4. The van der Waals surface area contributed by atoms with Crippen LogP contribution in [0.15, 0.2) is 29.8 Å².